The summed E-state index contributed by atoms with van der Waals surface area (Å²) in [6, 6.07) is 18.8. The third-order valence-corrected chi connectivity index (χ3v) is 4.16. The molecule has 0 fully saturated rings. The van der Waals surface area contributed by atoms with Crippen molar-refractivity contribution >= 4 is 33.8 Å². The van der Waals surface area contributed by atoms with E-state index in [2.05, 4.69) is 10.6 Å². The summed E-state index contributed by atoms with van der Waals surface area (Å²) in [6.07, 6.45) is 1.29. The number of nitrogens with one attached hydrogen (secondary N) is 2. The quantitative estimate of drug-likeness (QED) is 0.354. The molecule has 0 heterocycles. The number of benzene rings is 3. The summed E-state index contributed by atoms with van der Waals surface area (Å²) in [6.45, 7) is 1.46. The number of phenols is 1. The van der Waals surface area contributed by atoms with E-state index in [9.17, 15) is 20.0 Å². The molecule has 6 nitrogen and oxygen atoms in total. The zero-order valence-corrected chi connectivity index (χ0v) is 15.1. The minimum absolute atomic E-state index is 0.0786. The van der Waals surface area contributed by atoms with Crippen molar-refractivity contribution in [2.75, 3.05) is 10.6 Å². The number of rotatable bonds is 5. The van der Waals surface area contributed by atoms with Crippen molar-refractivity contribution in [1.29, 1.82) is 5.26 Å². The SMILES string of the molecule is CC(=O)c1cccc(N/C=C(/C#N)C(=O)Nc2cccc3c(O)cccc23)c1. The smallest absolute Gasteiger partial charge is 0.267 e. The number of nitrogens with zero attached hydrogens (tertiary/aromatic N) is 1. The second-order valence-electron chi connectivity index (χ2n) is 6.08. The predicted molar refractivity (Wildman–Crippen MR) is 108 cm³/mol. The van der Waals surface area contributed by atoms with Gasteiger partial charge in [-0.1, -0.05) is 36.4 Å². The summed E-state index contributed by atoms with van der Waals surface area (Å²) in [5.41, 5.74) is 1.46. The Morgan fingerprint density at radius 3 is 2.50 bits per heavy atom. The van der Waals surface area contributed by atoms with E-state index in [1.807, 2.05) is 6.07 Å². The van der Waals surface area contributed by atoms with Gasteiger partial charge in [0.15, 0.2) is 5.78 Å². The number of carbonyl (C=O) groups excluding carboxylic acids is 2. The summed E-state index contributed by atoms with van der Waals surface area (Å²) < 4.78 is 0. The average Bonchev–Trinajstić information content (AvgIpc) is 2.69. The molecule has 0 aliphatic heterocycles. The van der Waals surface area contributed by atoms with Gasteiger partial charge in [0.05, 0.1) is 0 Å². The van der Waals surface area contributed by atoms with E-state index < -0.39 is 5.91 Å². The second kappa shape index (κ2) is 8.06. The highest BCUT2D eigenvalue weighted by molar-refractivity contribution is 6.11. The Bertz CT molecular complexity index is 1140. The van der Waals surface area contributed by atoms with Crippen LogP contribution in [0, 0.1) is 11.3 Å². The molecule has 3 rings (SSSR count). The fraction of sp³-hybridized carbons (Fsp3) is 0.0455. The first-order valence-corrected chi connectivity index (χ1v) is 8.49. The highest BCUT2D eigenvalue weighted by Crippen LogP contribution is 2.30. The molecule has 0 atom stereocenters. The molecule has 0 saturated heterocycles. The number of amides is 1. The standard InChI is InChI=1S/C22H17N3O3/c1-14(26)15-5-2-6-17(11-15)24-13-16(12-23)22(28)25-20-9-3-8-19-18(20)7-4-10-21(19)27/h2-11,13,24,27H,1H3,(H,25,28)/b16-13-. The van der Waals surface area contributed by atoms with Gasteiger partial charge >= 0.3 is 0 Å². The van der Waals surface area contributed by atoms with Crippen molar-refractivity contribution < 1.29 is 14.7 Å². The van der Waals surface area contributed by atoms with Crippen LogP contribution in [0.25, 0.3) is 10.8 Å². The third-order valence-electron chi connectivity index (χ3n) is 4.16. The van der Waals surface area contributed by atoms with Gasteiger partial charge in [-0.05, 0) is 31.2 Å². The molecular formula is C22H17N3O3. The molecule has 0 unspecified atom stereocenters. The molecule has 0 aromatic heterocycles. The highest BCUT2D eigenvalue weighted by Gasteiger charge is 2.12. The number of Topliss-reactive ketones (excluding diaryl/α,β-unsaturated/α-hetero) is 1. The maximum absolute atomic E-state index is 12.5. The van der Waals surface area contributed by atoms with Gasteiger partial charge in [-0.25, -0.2) is 0 Å². The lowest BCUT2D eigenvalue weighted by atomic mass is 10.1. The van der Waals surface area contributed by atoms with Crippen molar-refractivity contribution in [1.82, 2.24) is 0 Å². The summed E-state index contributed by atoms with van der Waals surface area (Å²) in [5.74, 6) is -0.560. The van der Waals surface area contributed by atoms with Gasteiger partial charge in [0.2, 0.25) is 0 Å². The van der Waals surface area contributed by atoms with Crippen LogP contribution in [0.2, 0.25) is 0 Å². The average molecular weight is 371 g/mol. The Balaban J connectivity index is 1.82. The fourth-order valence-electron chi connectivity index (χ4n) is 2.72. The Morgan fingerprint density at radius 1 is 1.04 bits per heavy atom. The zero-order chi connectivity index (χ0) is 20.1. The van der Waals surface area contributed by atoms with Crippen LogP contribution in [0.15, 0.2) is 72.4 Å². The Morgan fingerprint density at radius 2 is 1.75 bits per heavy atom. The first-order valence-electron chi connectivity index (χ1n) is 8.49. The number of nitriles is 1. The molecule has 0 aliphatic rings. The predicted octanol–water partition coefficient (Wildman–Crippen LogP) is 4.21. The third kappa shape index (κ3) is 4.00. The van der Waals surface area contributed by atoms with E-state index in [1.165, 1.54) is 13.1 Å². The largest absolute Gasteiger partial charge is 0.507 e. The molecule has 3 aromatic carbocycles. The molecule has 1 amide bonds. The number of ketones is 1. The molecule has 0 spiro atoms. The van der Waals surface area contributed by atoms with Crippen molar-refractivity contribution in [2.45, 2.75) is 6.92 Å². The molecule has 28 heavy (non-hydrogen) atoms. The normalized spacial score (nSPS) is 10.9. The van der Waals surface area contributed by atoms with Crippen molar-refractivity contribution in [3.05, 3.63) is 78.0 Å². The molecule has 3 N–H and O–H groups in total. The number of fused-ring (bicyclic) bond motifs is 1. The Hall–Kier alpha value is -4.11. The lowest BCUT2D eigenvalue weighted by molar-refractivity contribution is -0.112. The Kier molecular flexibility index (Phi) is 5.38. The van der Waals surface area contributed by atoms with Gasteiger partial charge < -0.3 is 15.7 Å². The minimum atomic E-state index is -0.589. The van der Waals surface area contributed by atoms with E-state index >= 15 is 0 Å². The van der Waals surface area contributed by atoms with Crippen molar-refractivity contribution in [3.63, 3.8) is 0 Å². The van der Waals surface area contributed by atoms with Crippen molar-refractivity contribution in [3.8, 4) is 11.8 Å². The van der Waals surface area contributed by atoms with Gasteiger partial charge in [-0.2, -0.15) is 5.26 Å². The number of hydrogen-bond acceptors (Lipinski definition) is 5. The van der Waals surface area contributed by atoms with Gasteiger partial charge in [0.25, 0.3) is 5.91 Å². The van der Waals surface area contributed by atoms with Crippen LogP contribution in [-0.2, 0) is 4.79 Å². The molecule has 0 aliphatic carbocycles. The fourth-order valence-corrected chi connectivity index (χ4v) is 2.72. The molecule has 0 bridgehead atoms. The molecule has 6 heteroatoms. The number of aromatic hydroxyl groups is 1. The van der Waals surface area contributed by atoms with Crippen LogP contribution in [0.3, 0.4) is 0 Å². The van der Waals surface area contributed by atoms with Crippen LogP contribution in [0.4, 0.5) is 11.4 Å². The molecule has 3 aromatic rings. The van der Waals surface area contributed by atoms with Crippen LogP contribution in [0.5, 0.6) is 5.75 Å². The van der Waals surface area contributed by atoms with Crippen LogP contribution < -0.4 is 10.6 Å². The molecule has 0 radical (unpaired) electrons. The van der Waals surface area contributed by atoms with Crippen molar-refractivity contribution in [2.24, 2.45) is 0 Å². The zero-order valence-electron chi connectivity index (χ0n) is 15.1. The highest BCUT2D eigenvalue weighted by atomic mass is 16.3. The molecule has 138 valence electrons. The van der Waals surface area contributed by atoms with E-state index in [-0.39, 0.29) is 17.1 Å². The summed E-state index contributed by atoms with van der Waals surface area (Å²) in [4.78, 5) is 24.0. The monoisotopic (exact) mass is 371 g/mol. The Labute approximate surface area is 161 Å². The van der Waals surface area contributed by atoms with Gasteiger partial charge in [0, 0.05) is 33.9 Å². The van der Waals surface area contributed by atoms with Gasteiger partial charge in [-0.15, -0.1) is 0 Å². The maximum atomic E-state index is 12.5. The first kappa shape index (κ1) is 18.7. The van der Waals surface area contributed by atoms with Gasteiger partial charge in [-0.3, -0.25) is 9.59 Å². The van der Waals surface area contributed by atoms with Crippen LogP contribution in [0.1, 0.15) is 17.3 Å². The number of phenolic OH excluding ortho intramolecular Hbond substituents is 1. The molecular weight excluding hydrogens is 354 g/mol. The van der Waals surface area contributed by atoms with E-state index in [4.69, 9.17) is 0 Å². The number of carbonyl (C=O) groups is 2. The topological polar surface area (TPSA) is 102 Å². The lowest BCUT2D eigenvalue weighted by Crippen LogP contribution is -2.14. The number of hydrogen-bond donors (Lipinski definition) is 3. The second-order valence-corrected chi connectivity index (χ2v) is 6.08. The summed E-state index contributed by atoms with van der Waals surface area (Å²) >= 11 is 0. The lowest BCUT2D eigenvalue weighted by Gasteiger charge is -2.09. The summed E-state index contributed by atoms with van der Waals surface area (Å²) in [5, 5.41) is 26.1. The minimum Gasteiger partial charge on any atom is -0.507 e. The molecule has 0 saturated carbocycles. The summed E-state index contributed by atoms with van der Waals surface area (Å²) in [7, 11) is 0. The van der Waals surface area contributed by atoms with E-state index in [0.717, 1.165) is 0 Å². The van der Waals surface area contributed by atoms with E-state index in [0.29, 0.717) is 27.7 Å². The van der Waals surface area contributed by atoms with Gasteiger partial charge in [0.1, 0.15) is 17.4 Å². The van der Waals surface area contributed by atoms with E-state index in [1.54, 1.807) is 60.7 Å². The first-order chi connectivity index (χ1) is 13.5. The van der Waals surface area contributed by atoms with Crippen LogP contribution >= 0.6 is 0 Å². The number of anilines is 2. The van der Waals surface area contributed by atoms with Crippen LogP contribution in [-0.4, -0.2) is 16.8 Å². The maximum Gasteiger partial charge on any atom is 0.267 e.